The minimum Gasteiger partial charge on any atom is -0.356 e. The number of carbonyl (C=O) groups excluding carboxylic acids is 1. The smallest absolute Gasteiger partial charge is 0.260 e. The van der Waals surface area contributed by atoms with Crippen molar-refractivity contribution in [1.29, 1.82) is 0 Å². The Morgan fingerprint density at radius 1 is 1.12 bits per heavy atom. The summed E-state index contributed by atoms with van der Waals surface area (Å²) in [6.07, 6.45) is 5.41. The highest BCUT2D eigenvalue weighted by molar-refractivity contribution is 6.04. The van der Waals surface area contributed by atoms with Gasteiger partial charge in [0, 0.05) is 19.2 Å². The second-order valence-corrected chi connectivity index (χ2v) is 6.30. The van der Waals surface area contributed by atoms with Crippen molar-refractivity contribution in [1.82, 2.24) is 19.7 Å². The number of nitrogens with one attached hydrogen (secondary N) is 1. The van der Waals surface area contributed by atoms with Gasteiger partial charge in [-0.25, -0.2) is 14.6 Å². The Morgan fingerprint density at radius 3 is 2.65 bits per heavy atom. The standard InChI is InChI=1S/C19H20N6O/c1-14-16(12-22-25(14)15-7-3-2-4-8-15)19(26)23-17-11-18(21-13-20-17)24-9-5-6-10-24/h2-4,7-8,11-13H,5-6,9-10H2,1H3,(H,20,21,23,26). The van der Waals surface area contributed by atoms with E-state index in [2.05, 4.69) is 25.3 Å². The topological polar surface area (TPSA) is 75.9 Å². The lowest BCUT2D eigenvalue weighted by Crippen LogP contribution is -2.20. The molecule has 0 bridgehead atoms. The second kappa shape index (κ2) is 6.95. The van der Waals surface area contributed by atoms with Gasteiger partial charge in [0.15, 0.2) is 0 Å². The number of anilines is 2. The Balaban J connectivity index is 1.54. The molecular formula is C19H20N6O. The molecule has 2 aromatic heterocycles. The molecule has 0 unspecified atom stereocenters. The summed E-state index contributed by atoms with van der Waals surface area (Å²) in [5.74, 6) is 1.12. The van der Waals surface area contributed by atoms with Crippen molar-refractivity contribution in [3.63, 3.8) is 0 Å². The molecule has 1 aliphatic heterocycles. The molecule has 3 aromatic rings. The number of nitrogens with zero attached hydrogens (tertiary/aromatic N) is 5. The first-order valence-electron chi connectivity index (χ1n) is 8.71. The molecule has 0 saturated carbocycles. The summed E-state index contributed by atoms with van der Waals surface area (Å²) in [5, 5.41) is 7.20. The minimum atomic E-state index is -0.226. The fourth-order valence-electron chi connectivity index (χ4n) is 3.18. The highest BCUT2D eigenvalue weighted by Gasteiger charge is 2.18. The monoisotopic (exact) mass is 348 g/mol. The molecule has 1 N–H and O–H groups in total. The molecule has 1 aliphatic rings. The van der Waals surface area contributed by atoms with E-state index in [0.717, 1.165) is 30.3 Å². The van der Waals surface area contributed by atoms with Crippen LogP contribution >= 0.6 is 0 Å². The predicted molar refractivity (Wildman–Crippen MR) is 99.7 cm³/mol. The number of aromatic nitrogens is 4. The van der Waals surface area contributed by atoms with E-state index < -0.39 is 0 Å². The molecule has 4 rings (SSSR count). The van der Waals surface area contributed by atoms with Crippen molar-refractivity contribution in [2.75, 3.05) is 23.3 Å². The molecule has 26 heavy (non-hydrogen) atoms. The van der Waals surface area contributed by atoms with Gasteiger partial charge in [-0.05, 0) is 31.9 Å². The number of rotatable bonds is 4. The molecule has 1 amide bonds. The number of carbonyl (C=O) groups is 1. The largest absolute Gasteiger partial charge is 0.356 e. The minimum absolute atomic E-state index is 0.226. The summed E-state index contributed by atoms with van der Waals surface area (Å²) in [6, 6.07) is 11.6. The number of hydrogen-bond donors (Lipinski definition) is 1. The lowest BCUT2D eigenvalue weighted by Gasteiger charge is -2.16. The van der Waals surface area contributed by atoms with Gasteiger partial charge < -0.3 is 10.2 Å². The van der Waals surface area contributed by atoms with Crippen LogP contribution in [-0.4, -0.2) is 38.7 Å². The van der Waals surface area contributed by atoms with Gasteiger partial charge in [0.25, 0.3) is 5.91 Å². The van der Waals surface area contributed by atoms with E-state index in [4.69, 9.17) is 0 Å². The van der Waals surface area contributed by atoms with Crippen LogP contribution in [0.3, 0.4) is 0 Å². The molecule has 3 heterocycles. The van der Waals surface area contributed by atoms with Gasteiger partial charge >= 0.3 is 0 Å². The number of para-hydroxylation sites is 1. The first-order chi connectivity index (χ1) is 12.7. The van der Waals surface area contributed by atoms with Crippen molar-refractivity contribution < 1.29 is 4.79 Å². The molecule has 7 heteroatoms. The van der Waals surface area contributed by atoms with E-state index in [-0.39, 0.29) is 5.91 Å². The Morgan fingerprint density at radius 2 is 1.88 bits per heavy atom. The van der Waals surface area contributed by atoms with Crippen molar-refractivity contribution in [3.8, 4) is 5.69 Å². The number of benzene rings is 1. The van der Waals surface area contributed by atoms with Gasteiger partial charge in [0.05, 0.1) is 23.1 Å². The van der Waals surface area contributed by atoms with Crippen LogP contribution in [0.4, 0.5) is 11.6 Å². The first kappa shape index (κ1) is 16.3. The van der Waals surface area contributed by atoms with Crippen LogP contribution in [0.15, 0.2) is 48.9 Å². The molecule has 1 aromatic carbocycles. The summed E-state index contributed by atoms with van der Waals surface area (Å²) >= 11 is 0. The fraction of sp³-hybridized carbons (Fsp3) is 0.263. The summed E-state index contributed by atoms with van der Waals surface area (Å²) in [6.45, 7) is 3.87. The Labute approximate surface area is 151 Å². The third-order valence-corrected chi connectivity index (χ3v) is 4.58. The second-order valence-electron chi connectivity index (χ2n) is 6.30. The maximum absolute atomic E-state index is 12.7. The summed E-state index contributed by atoms with van der Waals surface area (Å²) in [7, 11) is 0. The summed E-state index contributed by atoms with van der Waals surface area (Å²) in [4.78, 5) is 23.4. The predicted octanol–water partition coefficient (Wildman–Crippen LogP) is 2.82. The van der Waals surface area contributed by atoms with E-state index in [1.165, 1.54) is 19.2 Å². The Kier molecular flexibility index (Phi) is 4.35. The summed E-state index contributed by atoms with van der Waals surface area (Å²) < 4.78 is 1.75. The lowest BCUT2D eigenvalue weighted by molar-refractivity contribution is 0.102. The number of hydrogen-bond acceptors (Lipinski definition) is 5. The van der Waals surface area contributed by atoms with E-state index >= 15 is 0 Å². The van der Waals surface area contributed by atoms with Gasteiger partial charge in [-0.15, -0.1) is 0 Å². The number of amides is 1. The van der Waals surface area contributed by atoms with Crippen molar-refractivity contribution in [2.45, 2.75) is 19.8 Å². The van der Waals surface area contributed by atoms with Gasteiger partial charge in [0.1, 0.15) is 18.0 Å². The molecule has 7 nitrogen and oxygen atoms in total. The van der Waals surface area contributed by atoms with Crippen molar-refractivity contribution in [2.24, 2.45) is 0 Å². The van der Waals surface area contributed by atoms with Crippen LogP contribution in [0.25, 0.3) is 5.69 Å². The Hall–Kier alpha value is -3.22. The van der Waals surface area contributed by atoms with Crippen molar-refractivity contribution >= 4 is 17.5 Å². The molecular weight excluding hydrogens is 328 g/mol. The average Bonchev–Trinajstić information content (AvgIpc) is 3.32. The van der Waals surface area contributed by atoms with Crippen molar-refractivity contribution in [3.05, 3.63) is 60.2 Å². The maximum atomic E-state index is 12.7. The molecule has 0 radical (unpaired) electrons. The third kappa shape index (κ3) is 3.15. The van der Waals surface area contributed by atoms with Gasteiger partial charge in [-0.3, -0.25) is 4.79 Å². The normalized spacial score (nSPS) is 13.8. The average molecular weight is 348 g/mol. The molecule has 1 fully saturated rings. The van der Waals surface area contributed by atoms with E-state index in [0.29, 0.717) is 11.4 Å². The zero-order chi connectivity index (χ0) is 17.9. The van der Waals surface area contributed by atoms with Gasteiger partial charge in [0.2, 0.25) is 0 Å². The van der Waals surface area contributed by atoms with E-state index in [1.54, 1.807) is 10.9 Å². The van der Waals surface area contributed by atoms with Crippen LogP contribution < -0.4 is 10.2 Å². The molecule has 0 spiro atoms. The van der Waals surface area contributed by atoms with E-state index in [1.807, 2.05) is 43.3 Å². The zero-order valence-corrected chi connectivity index (χ0v) is 14.6. The summed E-state index contributed by atoms with van der Waals surface area (Å²) in [5.41, 5.74) is 2.22. The fourth-order valence-corrected chi connectivity index (χ4v) is 3.18. The van der Waals surface area contributed by atoms with Crippen LogP contribution in [-0.2, 0) is 0 Å². The highest BCUT2D eigenvalue weighted by Crippen LogP contribution is 2.20. The van der Waals surface area contributed by atoms with Crippen LogP contribution in [0.2, 0.25) is 0 Å². The third-order valence-electron chi connectivity index (χ3n) is 4.58. The maximum Gasteiger partial charge on any atom is 0.260 e. The quantitative estimate of drug-likeness (QED) is 0.785. The molecule has 132 valence electrons. The highest BCUT2D eigenvalue weighted by atomic mass is 16.1. The van der Waals surface area contributed by atoms with Gasteiger partial charge in [-0.2, -0.15) is 5.10 Å². The molecule has 1 saturated heterocycles. The molecule has 0 atom stereocenters. The van der Waals surface area contributed by atoms with Crippen LogP contribution in [0.1, 0.15) is 28.9 Å². The van der Waals surface area contributed by atoms with Crippen LogP contribution in [0, 0.1) is 6.92 Å². The van der Waals surface area contributed by atoms with E-state index in [9.17, 15) is 4.79 Å². The first-order valence-corrected chi connectivity index (χ1v) is 8.71. The lowest BCUT2D eigenvalue weighted by atomic mass is 10.2. The van der Waals surface area contributed by atoms with Crippen LogP contribution in [0.5, 0.6) is 0 Å². The SMILES string of the molecule is Cc1c(C(=O)Nc2cc(N3CCCC3)ncn2)cnn1-c1ccccc1. The molecule has 0 aliphatic carbocycles. The zero-order valence-electron chi connectivity index (χ0n) is 14.6. The Bertz CT molecular complexity index is 915. The van der Waals surface area contributed by atoms with Gasteiger partial charge in [-0.1, -0.05) is 18.2 Å².